The van der Waals surface area contributed by atoms with Crippen molar-refractivity contribution >= 4 is 39.9 Å². The summed E-state index contributed by atoms with van der Waals surface area (Å²) in [7, 11) is -3.19. The van der Waals surface area contributed by atoms with E-state index in [0.29, 0.717) is 0 Å². The predicted octanol–water partition coefficient (Wildman–Crippen LogP) is 5.77. The van der Waals surface area contributed by atoms with Crippen LogP contribution in [0.1, 0.15) is 20.8 Å². The van der Waals surface area contributed by atoms with Crippen molar-refractivity contribution in [3.05, 3.63) is 35.4 Å². The van der Waals surface area contributed by atoms with E-state index in [1.165, 1.54) is 5.30 Å². The summed E-state index contributed by atoms with van der Waals surface area (Å²) in [6.07, 6.45) is -2.13. The molecule has 0 spiro atoms. The fourth-order valence-corrected chi connectivity index (χ4v) is 25.9. The largest absolute Gasteiger partial charge is 0.607 e. The zero-order chi connectivity index (χ0) is 17.4. The van der Waals surface area contributed by atoms with Gasteiger partial charge in [-0.25, -0.2) is 0 Å². The molecule has 6 heteroatoms. The van der Waals surface area contributed by atoms with E-state index in [-0.39, 0.29) is 5.54 Å². The maximum absolute atomic E-state index is 6.37. The van der Waals surface area contributed by atoms with Crippen molar-refractivity contribution in [1.29, 1.82) is 0 Å². The van der Waals surface area contributed by atoms with Gasteiger partial charge in [-0.05, 0) is 5.30 Å². The molecule has 0 fully saturated rings. The molecule has 0 aliphatic rings. The Morgan fingerprint density at radius 2 is 1.32 bits per heavy atom. The van der Waals surface area contributed by atoms with Gasteiger partial charge in [0.1, 0.15) is 16.5 Å². The van der Waals surface area contributed by atoms with E-state index in [4.69, 9.17) is 16.9 Å². The molecule has 126 valence electrons. The lowest BCUT2D eigenvalue weighted by Crippen LogP contribution is -2.58. The molecule has 1 rings (SSSR count). The molecule has 2 nitrogen and oxygen atoms in total. The first-order chi connectivity index (χ1) is 9.68. The van der Waals surface area contributed by atoms with Gasteiger partial charge in [0.2, 0.25) is 0 Å². The van der Waals surface area contributed by atoms with Crippen LogP contribution < -0.4 is 5.30 Å². The van der Waals surface area contributed by atoms with Crippen LogP contribution in [0.2, 0.25) is 39.3 Å². The highest BCUT2D eigenvalue weighted by Crippen LogP contribution is 2.62. The quantitative estimate of drug-likeness (QED) is 0.483. The lowest BCUT2D eigenvalue weighted by Gasteiger charge is -2.60. The van der Waals surface area contributed by atoms with Gasteiger partial charge in [-0.1, -0.05) is 109 Å². The van der Waals surface area contributed by atoms with E-state index in [0.717, 1.165) is 0 Å². The Morgan fingerprint density at radius 1 is 0.909 bits per heavy atom. The van der Waals surface area contributed by atoms with Gasteiger partial charge in [0.25, 0.3) is 0 Å². The topological polar surface area (TPSA) is 17.3 Å². The highest BCUT2D eigenvalue weighted by atomic mass is 32.4. The number of benzene rings is 1. The smallest absolute Gasteiger partial charge is 0.115 e. The monoisotopic (exact) mass is 371 g/mol. The summed E-state index contributed by atoms with van der Waals surface area (Å²) in [5.74, 6) is 0. The third-order valence-corrected chi connectivity index (χ3v) is 19.6. The van der Waals surface area contributed by atoms with E-state index in [2.05, 4.69) is 94.4 Å². The van der Waals surface area contributed by atoms with E-state index in [1.807, 2.05) is 0 Å². The Morgan fingerprint density at radius 3 is 1.64 bits per heavy atom. The van der Waals surface area contributed by atoms with Crippen LogP contribution in [0.5, 0.6) is 0 Å². The summed E-state index contributed by atoms with van der Waals surface area (Å²) in [6, 6.07) is 10.6. The van der Waals surface area contributed by atoms with Gasteiger partial charge in [-0.3, -0.25) is 0 Å². The summed E-state index contributed by atoms with van der Waals surface area (Å²) in [6.45, 7) is 21.0. The van der Waals surface area contributed by atoms with Crippen molar-refractivity contribution in [3.8, 4) is 0 Å². The number of rotatable bonds is 5. The highest BCUT2D eigenvalue weighted by molar-refractivity contribution is 8.19. The van der Waals surface area contributed by atoms with Gasteiger partial charge < -0.3 is 9.09 Å². The summed E-state index contributed by atoms with van der Waals surface area (Å²) < 4.78 is 2.74. The number of hydrogen-bond donors (Lipinski definition) is 0. The highest BCUT2D eigenvalue weighted by Gasteiger charge is 2.40. The van der Waals surface area contributed by atoms with Crippen LogP contribution in [0.15, 0.2) is 30.3 Å². The predicted molar refractivity (Wildman–Crippen MR) is 112 cm³/mol. The molecule has 0 aliphatic carbocycles. The van der Waals surface area contributed by atoms with Crippen molar-refractivity contribution in [1.82, 2.24) is 4.00 Å². The summed E-state index contributed by atoms with van der Waals surface area (Å²) in [4.78, 5) is 0. The Hall–Kier alpha value is 0.224. The Kier molecular flexibility index (Phi) is 6.09. The van der Waals surface area contributed by atoms with Crippen molar-refractivity contribution < 1.29 is 0 Å². The van der Waals surface area contributed by atoms with Gasteiger partial charge in [0.15, 0.2) is 0 Å². The Bertz CT molecular complexity index is 528. The molecule has 0 amide bonds. The first kappa shape index (κ1) is 20.3. The molecule has 0 saturated carbocycles. The van der Waals surface area contributed by atoms with E-state index in [1.54, 1.807) is 0 Å². The average Bonchev–Trinajstić information content (AvgIpc) is 2.23. The molecule has 0 saturated heterocycles. The van der Waals surface area contributed by atoms with Gasteiger partial charge in [0, 0.05) is 0 Å². The van der Waals surface area contributed by atoms with Crippen molar-refractivity contribution in [2.24, 2.45) is 0 Å². The third kappa shape index (κ3) is 5.12. The van der Waals surface area contributed by atoms with Crippen molar-refractivity contribution in [3.63, 3.8) is 0 Å². The normalized spacial score (nSPS) is 16.6. The molecule has 1 unspecified atom stereocenters. The summed E-state index contributed by atoms with van der Waals surface area (Å²) in [5.41, 5.74) is -0.122. The van der Waals surface area contributed by atoms with Crippen LogP contribution in [0, 0.1) is 0 Å². The van der Waals surface area contributed by atoms with E-state index in [9.17, 15) is 0 Å². The first-order valence-electron chi connectivity index (χ1n) is 7.89. The van der Waals surface area contributed by atoms with Gasteiger partial charge in [-0.2, -0.15) is 0 Å². The minimum Gasteiger partial charge on any atom is -0.607 e. The minimum absolute atomic E-state index is 0.122. The number of nitrogens with zero attached hydrogens (tertiary/aromatic N) is 2. The molecular weight excluding hydrogens is 339 g/mol. The zero-order valence-electron chi connectivity index (χ0n) is 15.6. The van der Waals surface area contributed by atoms with Crippen LogP contribution in [0.25, 0.3) is 5.09 Å². The van der Waals surface area contributed by atoms with Crippen molar-refractivity contribution in [2.75, 3.05) is 0 Å². The van der Waals surface area contributed by atoms with Crippen LogP contribution in [-0.4, -0.2) is 26.0 Å². The maximum Gasteiger partial charge on any atom is 0.115 e. The van der Waals surface area contributed by atoms with Crippen LogP contribution in [0.3, 0.4) is 0 Å². The molecule has 1 aromatic rings. The first-order valence-corrected chi connectivity index (χ1v) is 17.5. The van der Waals surface area contributed by atoms with Gasteiger partial charge >= 0.3 is 0 Å². The van der Waals surface area contributed by atoms with Crippen LogP contribution in [0.4, 0.5) is 0 Å². The molecule has 0 N–H and O–H groups in total. The van der Waals surface area contributed by atoms with Gasteiger partial charge in [0.05, 0.1) is 0 Å². The zero-order valence-corrected chi connectivity index (χ0v) is 19.3. The third-order valence-electron chi connectivity index (χ3n) is 3.07. The van der Waals surface area contributed by atoms with Gasteiger partial charge in [-0.15, -0.1) is 5.54 Å². The molecule has 0 radical (unpaired) electrons. The van der Waals surface area contributed by atoms with Crippen LogP contribution in [-0.2, 0) is 11.8 Å². The molecular formula is C16H32N2PSSi2-. The lowest BCUT2D eigenvalue weighted by molar-refractivity contribution is 0.679. The summed E-state index contributed by atoms with van der Waals surface area (Å²) in [5, 5.41) is 6.51. The van der Waals surface area contributed by atoms with E-state index >= 15 is 0 Å². The standard InChI is InChI=1S/C16H32N2PSSi2/c1-16(2,3)17-19(20,15-13-11-10-12-14-15)18(21(4,5)6)22(7,8)9/h10-14H,1-9H3/q-1. The van der Waals surface area contributed by atoms with Crippen LogP contribution >= 0.6 is 6.34 Å². The molecule has 0 bridgehead atoms. The van der Waals surface area contributed by atoms with Crippen molar-refractivity contribution in [2.45, 2.75) is 65.6 Å². The molecule has 0 heterocycles. The maximum atomic E-state index is 6.37. The minimum atomic E-state index is -2.13. The van der Waals surface area contributed by atoms with E-state index < -0.39 is 22.8 Å². The average molecular weight is 372 g/mol. The Labute approximate surface area is 145 Å². The molecule has 22 heavy (non-hydrogen) atoms. The summed E-state index contributed by atoms with van der Waals surface area (Å²) >= 11 is 6.37. The second kappa shape index (κ2) is 6.62. The second-order valence-corrected chi connectivity index (χ2v) is 23.3. The SMILES string of the molecule is CC(C)(C)[N-]P(=S)(c1ccccc1)N([Si](C)(C)C)[Si](C)(C)C. The molecule has 1 atom stereocenters. The molecule has 1 aromatic carbocycles. The molecule has 0 aliphatic heterocycles. The lowest BCUT2D eigenvalue weighted by atomic mass is 10.1. The number of hydrogen-bond acceptors (Lipinski definition) is 1. The fourth-order valence-electron chi connectivity index (χ4n) is 3.07. The second-order valence-electron chi connectivity index (χ2n) is 8.80. The molecule has 0 aromatic heterocycles. The Balaban J connectivity index is 3.59. The fraction of sp³-hybridized carbons (Fsp3) is 0.625.